The van der Waals surface area contributed by atoms with Gasteiger partial charge in [-0.1, -0.05) is 214 Å². The van der Waals surface area contributed by atoms with Crippen LogP contribution in [0.25, 0.3) is 12.2 Å². The number of ether oxygens (including phenoxy) is 1. The third-order valence-corrected chi connectivity index (χ3v) is 25.6. The number of esters is 2. The first-order chi connectivity index (χ1) is 57.6. The van der Waals surface area contributed by atoms with E-state index in [1.165, 1.54) is 110 Å². The van der Waals surface area contributed by atoms with E-state index < -0.39 is 11.9 Å². The first kappa shape index (κ1) is 84.3. The van der Waals surface area contributed by atoms with E-state index in [-0.39, 0.29) is 47.2 Å². The molecule has 0 fully saturated rings. The minimum atomic E-state index is -0.562. The van der Waals surface area contributed by atoms with Crippen LogP contribution in [0, 0.1) is 0 Å². The number of nitrogens with zero attached hydrogens (tertiary/aromatic N) is 10. The summed E-state index contributed by atoms with van der Waals surface area (Å²) in [5.41, 5.74) is 32.9. The van der Waals surface area contributed by atoms with Gasteiger partial charge in [-0.15, -0.1) is 0 Å². The summed E-state index contributed by atoms with van der Waals surface area (Å²) in [4.78, 5) is 30.5. The second-order valence-electron chi connectivity index (χ2n) is 34.3. The quantitative estimate of drug-likeness (QED) is 0.0460. The van der Waals surface area contributed by atoms with Gasteiger partial charge in [0.25, 0.3) is 0 Å². The summed E-state index contributed by atoms with van der Waals surface area (Å²) in [6, 6.07) is 98.8. The minimum absolute atomic E-state index is 0. The Morgan fingerprint density at radius 3 is 0.851 bits per heavy atom. The van der Waals surface area contributed by atoms with E-state index in [2.05, 4.69) is 390 Å². The molecule has 0 saturated heterocycles. The Labute approximate surface area is 714 Å². The summed E-state index contributed by atoms with van der Waals surface area (Å²) in [6.45, 7) is 25.6. The van der Waals surface area contributed by atoms with Crippen molar-refractivity contribution in [3.05, 3.63) is 364 Å². The van der Waals surface area contributed by atoms with Crippen LogP contribution in [-0.4, -0.2) is 105 Å². The van der Waals surface area contributed by atoms with Crippen molar-refractivity contribution in [1.82, 2.24) is 0 Å². The number of allylic oxidation sites excluding steroid dienone is 2. The number of carbonyl (C=O) groups excluding carboxylic acids is 3. The maximum atomic E-state index is 10.9. The zero-order valence-electron chi connectivity index (χ0n) is 71.9. The molecule has 610 valence electrons. The molecule has 14 nitrogen and oxygen atoms in total. The van der Waals surface area contributed by atoms with Crippen molar-refractivity contribution in [2.75, 3.05) is 43.2 Å². The van der Waals surface area contributed by atoms with Crippen LogP contribution in [0.5, 0.6) is 0 Å². The fourth-order valence-electron chi connectivity index (χ4n) is 18.1. The first-order valence-electron chi connectivity index (χ1n) is 41.6. The molecule has 0 radical (unpaired) electrons. The molecule has 7 aliphatic heterocycles. The molecule has 7 heterocycles. The molecule has 0 spiro atoms. The van der Waals surface area contributed by atoms with Crippen LogP contribution >= 0.6 is 0 Å². The average Bonchev–Trinajstić information content (AvgIpc) is 1.56. The topological polar surface area (TPSA) is 119 Å². The second kappa shape index (κ2) is 34.6. The lowest BCUT2D eigenvalue weighted by atomic mass is 9.77. The molecule has 0 aromatic heterocycles. The van der Waals surface area contributed by atoms with Crippen LogP contribution in [0.3, 0.4) is 0 Å². The maximum Gasteiger partial charge on any atom is 0.310 e. The van der Waals surface area contributed by atoms with Gasteiger partial charge in [-0.05, 0) is 161 Å². The minimum Gasteiger partial charge on any atom is -0.394 e. The van der Waals surface area contributed by atoms with E-state index in [1.54, 1.807) is 0 Å². The molecule has 7 aliphatic rings. The van der Waals surface area contributed by atoms with Crippen molar-refractivity contribution in [3.8, 4) is 0 Å². The maximum absolute atomic E-state index is 10.9. The largest absolute Gasteiger partial charge is 0.394 e. The van der Waals surface area contributed by atoms with Crippen molar-refractivity contribution in [3.63, 3.8) is 0 Å². The van der Waals surface area contributed by atoms with Crippen molar-refractivity contribution in [2.24, 2.45) is 15.3 Å². The van der Waals surface area contributed by atoms with Crippen LogP contribution < -0.4 is 15.0 Å². The lowest BCUT2D eigenvalue weighted by Gasteiger charge is -2.24. The summed E-state index contributed by atoms with van der Waals surface area (Å²) in [5.74, 6) is -1.12. The Hall–Kier alpha value is -13.2. The number of hydrazone groups is 3. The normalized spacial score (nSPS) is 18.4. The lowest BCUT2D eigenvalue weighted by Crippen LogP contribution is -2.26. The molecule has 0 N–H and O–H groups in total. The van der Waals surface area contributed by atoms with E-state index >= 15 is 0 Å². The van der Waals surface area contributed by atoms with Crippen molar-refractivity contribution in [2.45, 2.75) is 150 Å². The van der Waals surface area contributed by atoms with Crippen LogP contribution in [0.4, 0.5) is 39.8 Å². The fourth-order valence-corrected chi connectivity index (χ4v) is 18.1. The van der Waals surface area contributed by atoms with Crippen LogP contribution in [0.2, 0.25) is 0 Å². The number of rotatable bonds is 14. The van der Waals surface area contributed by atoms with Gasteiger partial charge < -0.3 is 4.74 Å². The summed E-state index contributed by atoms with van der Waals surface area (Å²) in [5, 5.41) is 21.7. The molecule has 121 heavy (non-hydrogen) atoms. The molecule has 18 rings (SSSR count). The third kappa shape index (κ3) is 16.7. The predicted octanol–water partition coefficient (Wildman–Crippen LogP) is 23.2. The van der Waals surface area contributed by atoms with Gasteiger partial charge in [-0.25, -0.2) is 9.15 Å². The molecular formula is C107H112N10O4+4. The SMILES string of the molecule is C.CC(=O)OC(C)=O.CC1=[N+](C)c2cc3c(cc2C1(C)C)[N+](C)=C(C)C3(C)C.C[N+]1=C(C=Cc2ccc(N3N=C(c4ccccc4)CC3c3ccccc3)cc2)C(C)(C)c2cc3c(cc21)C(C)(C)C(C=Cc1ccc(N2N=C(c4ccccc4)CC2c2ccccc2)cc1)=[N+]3C.O=Cc1ccc(N2N=C(c3ccccc3)CC2c2ccccc2)cc1. The molecule has 0 aliphatic carbocycles. The third-order valence-electron chi connectivity index (χ3n) is 25.6. The molecule has 14 heteroatoms. The number of fused-ring (bicyclic) bond motifs is 4. The van der Waals surface area contributed by atoms with Gasteiger partial charge in [0.2, 0.25) is 22.7 Å². The summed E-state index contributed by atoms with van der Waals surface area (Å²) < 4.78 is 13.5. The highest BCUT2D eigenvalue weighted by atomic mass is 16.6. The smallest absolute Gasteiger partial charge is 0.310 e. The summed E-state index contributed by atoms with van der Waals surface area (Å²) in [6.07, 6.45) is 12.6. The van der Waals surface area contributed by atoms with E-state index in [0.29, 0.717) is 5.56 Å². The van der Waals surface area contributed by atoms with Crippen LogP contribution in [-0.2, 0) is 36.0 Å². The molecular weight excluding hydrogens is 1490 g/mol. The van der Waals surface area contributed by atoms with E-state index in [0.717, 1.165) is 76.4 Å². The number of hydrogen-bond acceptors (Lipinski definition) is 10. The van der Waals surface area contributed by atoms with Gasteiger partial charge in [0.15, 0.2) is 22.8 Å². The Morgan fingerprint density at radius 2 is 0.595 bits per heavy atom. The number of aldehydes is 1. The summed E-state index contributed by atoms with van der Waals surface area (Å²) in [7, 11) is 8.83. The highest BCUT2D eigenvalue weighted by Gasteiger charge is 2.51. The molecule has 3 unspecified atom stereocenters. The van der Waals surface area contributed by atoms with Crippen LogP contribution in [0.15, 0.2) is 307 Å². The highest BCUT2D eigenvalue weighted by Crippen LogP contribution is 2.51. The molecule has 11 aromatic rings. The highest BCUT2D eigenvalue weighted by molar-refractivity contribution is 6.09. The van der Waals surface area contributed by atoms with Gasteiger partial charge in [-0.2, -0.15) is 24.5 Å². The standard InChI is InChI=1S/C62H58N6.C22H18N2O.C18H26N2.C4H6O3.CH4/c1-61(2)51-39-58-52(40-57(51)65(5)59(61)37-31-43-27-33-49(34-28-43)67-55(47-23-15-9-16-24-47)41-53(63-67)45-19-11-7-12-20-45)62(3,4)60(66(58)6)38-32-44-29-35-50(36-30-44)68-56(48-25-17-10-18-26-48)42-54(64-68)46-21-13-8-14-22-46;25-16-17-11-13-20(14-12-17)24-22(19-9-5-2-6-10-19)15-21(23-24)18-7-3-1-4-8-18;1-11-17(3,4)13-9-16-14(10-15(13)19(11)7)18(5,6)12(2)20(16)8;1-3(5)7-4(2)6;/h7-40,55-56H,41-42H2,1-6H3;1-14,16,22H,15H2;9-10H,1-8H3;1-2H3;1H4/q+2;;+2;;. The number of carbonyl (C=O) groups is 3. The Balaban J connectivity index is 0.000000182. The number of hydrogen-bond donors (Lipinski definition) is 0. The molecule has 11 aromatic carbocycles. The molecule has 3 atom stereocenters. The van der Waals surface area contributed by atoms with Gasteiger partial charge in [0.05, 0.1) is 74.0 Å². The van der Waals surface area contributed by atoms with Crippen LogP contribution in [0.1, 0.15) is 205 Å². The van der Waals surface area contributed by atoms with Gasteiger partial charge in [0, 0.05) is 111 Å². The van der Waals surface area contributed by atoms with Gasteiger partial charge in [0.1, 0.15) is 34.5 Å². The Kier molecular flexibility index (Phi) is 24.1. The Morgan fingerprint density at radius 1 is 0.347 bits per heavy atom. The first-order valence-corrected chi connectivity index (χ1v) is 41.6. The lowest BCUT2D eigenvalue weighted by molar-refractivity contribution is -0.406. The zero-order chi connectivity index (χ0) is 84.5. The monoisotopic (exact) mass is 1600 g/mol. The molecule has 0 saturated carbocycles. The zero-order valence-corrected chi connectivity index (χ0v) is 71.9. The van der Waals surface area contributed by atoms with Crippen molar-refractivity contribution in [1.29, 1.82) is 0 Å². The van der Waals surface area contributed by atoms with E-state index in [9.17, 15) is 14.4 Å². The Bertz CT molecular complexity index is 5740. The molecule has 0 bridgehead atoms. The van der Waals surface area contributed by atoms with Gasteiger partial charge in [-0.3, -0.25) is 29.4 Å². The number of benzene rings is 11. The summed E-state index contributed by atoms with van der Waals surface area (Å²) >= 11 is 0. The van der Waals surface area contributed by atoms with Crippen molar-refractivity contribution < 1.29 is 37.4 Å². The molecule has 0 amide bonds. The average molecular weight is 1600 g/mol. The van der Waals surface area contributed by atoms with E-state index in [1.807, 2.05) is 48.5 Å². The van der Waals surface area contributed by atoms with E-state index in [4.69, 9.17) is 15.3 Å². The second-order valence-corrected chi connectivity index (χ2v) is 34.3. The fraction of sp³-hybridized carbons (Fsp3) is 0.252. The number of anilines is 3. The predicted molar refractivity (Wildman–Crippen MR) is 499 cm³/mol. The van der Waals surface area contributed by atoms with Gasteiger partial charge >= 0.3 is 11.9 Å². The van der Waals surface area contributed by atoms with Crippen molar-refractivity contribution >= 4 is 110 Å².